The number of aromatic nitrogens is 2. The summed E-state index contributed by atoms with van der Waals surface area (Å²) in [6.45, 7) is 5.66. The highest BCUT2D eigenvalue weighted by Crippen LogP contribution is 2.23. The molecule has 1 aliphatic carbocycles. The van der Waals surface area contributed by atoms with Crippen LogP contribution in [0.15, 0.2) is 42.6 Å². The highest BCUT2D eigenvalue weighted by Gasteiger charge is 2.25. The molecule has 1 aromatic heterocycles. The third-order valence-electron chi connectivity index (χ3n) is 4.64. The van der Waals surface area contributed by atoms with E-state index in [-0.39, 0.29) is 18.8 Å². The Hall–Kier alpha value is -3.03. The maximum atomic E-state index is 12.0. The molecule has 8 nitrogen and oxygen atoms in total. The van der Waals surface area contributed by atoms with Gasteiger partial charge in [-0.15, -0.1) is 5.10 Å². The molecule has 1 N–H and O–H groups in total. The second-order valence-electron chi connectivity index (χ2n) is 8.38. The zero-order valence-corrected chi connectivity index (χ0v) is 17.7. The van der Waals surface area contributed by atoms with E-state index in [1.54, 1.807) is 26.8 Å². The van der Waals surface area contributed by atoms with Crippen molar-refractivity contribution in [2.45, 2.75) is 70.8 Å². The minimum Gasteiger partial charge on any atom is -0.473 e. The van der Waals surface area contributed by atoms with Crippen LogP contribution < -0.4 is 10.1 Å². The fourth-order valence-corrected chi connectivity index (χ4v) is 3.21. The number of hydrogen-bond acceptors (Lipinski definition) is 6. The van der Waals surface area contributed by atoms with Crippen molar-refractivity contribution in [3.05, 3.63) is 48.2 Å². The summed E-state index contributed by atoms with van der Waals surface area (Å²) in [7, 11) is 0. The van der Waals surface area contributed by atoms with Crippen molar-refractivity contribution in [2.75, 3.05) is 0 Å². The molecular formula is C22H29N3O5. The summed E-state index contributed by atoms with van der Waals surface area (Å²) in [5.41, 5.74) is 0.369. The summed E-state index contributed by atoms with van der Waals surface area (Å²) in [4.78, 5) is 24.0. The van der Waals surface area contributed by atoms with Crippen molar-refractivity contribution in [2.24, 2.45) is 0 Å². The van der Waals surface area contributed by atoms with Gasteiger partial charge in [0.1, 0.15) is 18.3 Å². The lowest BCUT2D eigenvalue weighted by molar-refractivity contribution is 0.0508. The van der Waals surface area contributed by atoms with Crippen LogP contribution in [-0.2, 0) is 16.1 Å². The summed E-state index contributed by atoms with van der Waals surface area (Å²) in [6.07, 6.45) is 3.71. The van der Waals surface area contributed by atoms with Gasteiger partial charge in [-0.2, -0.15) is 4.68 Å². The van der Waals surface area contributed by atoms with Crippen LogP contribution in [0.5, 0.6) is 5.88 Å². The summed E-state index contributed by atoms with van der Waals surface area (Å²) in [5.74, 6) is 0.388. The number of benzene rings is 1. The van der Waals surface area contributed by atoms with E-state index in [2.05, 4.69) is 10.4 Å². The third-order valence-corrected chi connectivity index (χ3v) is 4.64. The molecule has 2 aromatic rings. The molecule has 0 atom stereocenters. The standard InChI is InChI=1S/C22H29N3O5/c1-22(2,3)30-21(27)25-14-13-19(24-25)29-18-11-9-17(10-12-18)23-20(26)28-15-16-7-5-4-6-8-16/h4-8,13-14,17-18H,9-12,15H2,1-3H3,(H,23,26). The lowest BCUT2D eigenvalue weighted by Gasteiger charge is -2.28. The molecule has 1 aromatic carbocycles. The molecule has 0 unspecified atom stereocenters. The molecule has 30 heavy (non-hydrogen) atoms. The molecule has 0 radical (unpaired) electrons. The van der Waals surface area contributed by atoms with E-state index < -0.39 is 17.8 Å². The Kier molecular flexibility index (Phi) is 6.97. The first-order valence-electron chi connectivity index (χ1n) is 10.2. The van der Waals surface area contributed by atoms with Gasteiger partial charge in [-0.1, -0.05) is 30.3 Å². The smallest absolute Gasteiger partial charge is 0.435 e. The van der Waals surface area contributed by atoms with Gasteiger partial charge in [-0.25, -0.2) is 9.59 Å². The Labute approximate surface area is 176 Å². The first kappa shape index (κ1) is 21.7. The Morgan fingerprint density at radius 1 is 1.10 bits per heavy atom. The van der Waals surface area contributed by atoms with E-state index in [1.807, 2.05) is 30.3 Å². The van der Waals surface area contributed by atoms with Gasteiger partial charge < -0.3 is 19.5 Å². The topological polar surface area (TPSA) is 91.7 Å². The van der Waals surface area contributed by atoms with E-state index >= 15 is 0 Å². The van der Waals surface area contributed by atoms with Crippen molar-refractivity contribution < 1.29 is 23.8 Å². The lowest BCUT2D eigenvalue weighted by Crippen LogP contribution is -2.40. The summed E-state index contributed by atoms with van der Waals surface area (Å²) < 4.78 is 17.6. The zero-order valence-electron chi connectivity index (χ0n) is 17.7. The summed E-state index contributed by atoms with van der Waals surface area (Å²) in [6, 6.07) is 11.3. The van der Waals surface area contributed by atoms with Crippen LogP contribution in [0.2, 0.25) is 0 Å². The molecular weight excluding hydrogens is 386 g/mol. The summed E-state index contributed by atoms with van der Waals surface area (Å²) >= 11 is 0. The van der Waals surface area contributed by atoms with Crippen LogP contribution in [0.3, 0.4) is 0 Å². The van der Waals surface area contributed by atoms with Crippen molar-refractivity contribution in [1.82, 2.24) is 15.1 Å². The van der Waals surface area contributed by atoms with Crippen LogP contribution in [-0.4, -0.2) is 39.7 Å². The number of ether oxygens (including phenoxy) is 3. The number of carbonyl (C=O) groups excluding carboxylic acids is 2. The first-order chi connectivity index (χ1) is 14.3. The number of carbonyl (C=O) groups is 2. The number of rotatable bonds is 5. The number of hydrogen-bond donors (Lipinski definition) is 1. The average molecular weight is 415 g/mol. The molecule has 0 aliphatic heterocycles. The van der Waals surface area contributed by atoms with Gasteiger partial charge in [-0.3, -0.25) is 0 Å². The summed E-state index contributed by atoms with van der Waals surface area (Å²) in [5, 5.41) is 7.06. The van der Waals surface area contributed by atoms with Crippen LogP contribution in [0, 0.1) is 0 Å². The fourth-order valence-electron chi connectivity index (χ4n) is 3.21. The van der Waals surface area contributed by atoms with Crippen molar-refractivity contribution in [3.63, 3.8) is 0 Å². The molecule has 0 spiro atoms. The van der Waals surface area contributed by atoms with E-state index in [4.69, 9.17) is 14.2 Å². The van der Waals surface area contributed by atoms with Crippen molar-refractivity contribution in [1.29, 1.82) is 0 Å². The molecule has 1 heterocycles. The quantitative estimate of drug-likeness (QED) is 0.784. The largest absolute Gasteiger partial charge is 0.473 e. The Morgan fingerprint density at radius 3 is 2.47 bits per heavy atom. The first-order valence-corrected chi connectivity index (χ1v) is 10.2. The van der Waals surface area contributed by atoms with Gasteiger partial charge in [0.15, 0.2) is 0 Å². The van der Waals surface area contributed by atoms with E-state index in [0.29, 0.717) is 5.88 Å². The molecule has 3 rings (SSSR count). The van der Waals surface area contributed by atoms with Gasteiger partial charge >= 0.3 is 12.2 Å². The minimum absolute atomic E-state index is 0.00891. The molecule has 8 heteroatoms. The maximum Gasteiger partial charge on any atom is 0.435 e. The maximum absolute atomic E-state index is 12.0. The molecule has 162 valence electrons. The molecule has 0 bridgehead atoms. The Balaban J connectivity index is 1.38. The highest BCUT2D eigenvalue weighted by atomic mass is 16.6. The van der Waals surface area contributed by atoms with E-state index in [1.165, 1.54) is 6.20 Å². The Morgan fingerprint density at radius 2 is 1.80 bits per heavy atom. The van der Waals surface area contributed by atoms with Gasteiger partial charge in [0, 0.05) is 18.3 Å². The van der Waals surface area contributed by atoms with Gasteiger partial charge in [0.2, 0.25) is 5.88 Å². The monoisotopic (exact) mass is 415 g/mol. The normalized spacial score (nSPS) is 19.0. The average Bonchev–Trinajstić information content (AvgIpc) is 3.16. The predicted octanol–water partition coefficient (Wildman–Crippen LogP) is 4.28. The molecule has 1 saturated carbocycles. The van der Waals surface area contributed by atoms with Crippen LogP contribution >= 0.6 is 0 Å². The Bertz CT molecular complexity index is 836. The highest BCUT2D eigenvalue weighted by molar-refractivity contribution is 5.69. The lowest BCUT2D eigenvalue weighted by atomic mass is 9.93. The second kappa shape index (κ2) is 9.65. The van der Waals surface area contributed by atoms with Crippen LogP contribution in [0.1, 0.15) is 52.0 Å². The van der Waals surface area contributed by atoms with Gasteiger partial charge in [-0.05, 0) is 52.0 Å². The zero-order chi connectivity index (χ0) is 21.6. The molecule has 1 amide bonds. The number of amides is 1. The van der Waals surface area contributed by atoms with Crippen molar-refractivity contribution >= 4 is 12.2 Å². The molecule has 1 fully saturated rings. The predicted molar refractivity (Wildman–Crippen MR) is 110 cm³/mol. The second-order valence-corrected chi connectivity index (χ2v) is 8.38. The minimum atomic E-state index is -0.586. The fraction of sp³-hybridized carbons (Fsp3) is 0.500. The van der Waals surface area contributed by atoms with Gasteiger partial charge in [0.05, 0.1) is 0 Å². The van der Waals surface area contributed by atoms with Crippen molar-refractivity contribution in [3.8, 4) is 5.88 Å². The SMILES string of the molecule is CC(C)(C)OC(=O)n1ccc(OC2CCC(NC(=O)OCc3ccccc3)CC2)n1. The molecule has 0 saturated heterocycles. The third kappa shape index (κ3) is 6.79. The molecule has 1 aliphatic rings. The van der Waals surface area contributed by atoms with E-state index in [0.717, 1.165) is 35.9 Å². The van der Waals surface area contributed by atoms with E-state index in [9.17, 15) is 9.59 Å². The number of alkyl carbamates (subject to hydrolysis) is 1. The number of nitrogens with one attached hydrogen (secondary N) is 1. The number of nitrogens with zero attached hydrogens (tertiary/aromatic N) is 2. The van der Waals surface area contributed by atoms with Gasteiger partial charge in [0.25, 0.3) is 0 Å². The van der Waals surface area contributed by atoms with Crippen LogP contribution in [0.4, 0.5) is 9.59 Å². The van der Waals surface area contributed by atoms with Crippen LogP contribution in [0.25, 0.3) is 0 Å².